The van der Waals surface area contributed by atoms with Crippen LogP contribution < -0.4 is 5.32 Å². The zero-order valence-electron chi connectivity index (χ0n) is 16.7. The predicted molar refractivity (Wildman–Crippen MR) is 140 cm³/mol. The van der Waals surface area contributed by atoms with Crippen LogP contribution in [-0.4, -0.2) is 26.4 Å². The maximum atomic E-state index is 12.4. The van der Waals surface area contributed by atoms with E-state index in [0.29, 0.717) is 38.2 Å². The highest BCUT2D eigenvalue weighted by atomic mass is 79.9. The number of nitrogens with one attached hydrogen (secondary N) is 1. The lowest BCUT2D eigenvalue weighted by molar-refractivity contribution is -0.113. The Morgan fingerprint density at radius 3 is 2.66 bits per heavy atom. The number of hydrogen-bond donors (Lipinski definition) is 1. The van der Waals surface area contributed by atoms with Crippen LogP contribution in [0.3, 0.4) is 0 Å². The number of rotatable bonds is 10. The van der Waals surface area contributed by atoms with Gasteiger partial charge in [0.25, 0.3) is 0 Å². The second-order valence-corrected chi connectivity index (χ2v) is 10.5. The number of anilines is 1. The first-order valence-electron chi connectivity index (χ1n) is 9.29. The van der Waals surface area contributed by atoms with Gasteiger partial charge in [-0.05, 0) is 51.8 Å². The number of carbonyl (C=O) groups excluding carboxylic acids is 1. The molecule has 0 radical (unpaired) electrons. The van der Waals surface area contributed by atoms with Crippen molar-refractivity contribution < 1.29 is 4.79 Å². The Bertz CT molecular complexity index is 1130. The van der Waals surface area contributed by atoms with E-state index in [0.717, 1.165) is 21.6 Å². The minimum Gasteiger partial charge on any atom is -0.325 e. The number of halogens is 4. The Labute approximate surface area is 218 Å². The molecule has 2 aromatic carbocycles. The van der Waals surface area contributed by atoms with Crippen molar-refractivity contribution in [3.8, 4) is 0 Å². The van der Waals surface area contributed by atoms with Gasteiger partial charge in [-0.2, -0.15) is 0 Å². The number of carbonyl (C=O) groups is 1. The number of amides is 1. The van der Waals surface area contributed by atoms with Crippen molar-refractivity contribution in [1.82, 2.24) is 14.8 Å². The van der Waals surface area contributed by atoms with E-state index in [-0.39, 0.29) is 11.7 Å². The summed E-state index contributed by atoms with van der Waals surface area (Å²) in [6.45, 7) is 4.37. The molecule has 0 saturated carbocycles. The summed E-state index contributed by atoms with van der Waals surface area (Å²) in [7, 11) is 0. The van der Waals surface area contributed by atoms with E-state index in [1.807, 2.05) is 16.7 Å². The van der Waals surface area contributed by atoms with Gasteiger partial charge in [-0.1, -0.05) is 58.7 Å². The zero-order chi connectivity index (χ0) is 23.1. The van der Waals surface area contributed by atoms with Crippen molar-refractivity contribution in [1.29, 1.82) is 0 Å². The van der Waals surface area contributed by atoms with E-state index in [1.54, 1.807) is 42.1 Å². The largest absolute Gasteiger partial charge is 0.325 e. The lowest BCUT2D eigenvalue weighted by atomic mass is 10.2. The highest BCUT2D eigenvalue weighted by molar-refractivity contribution is 9.10. The second-order valence-electron chi connectivity index (χ2n) is 6.49. The molecule has 0 aliphatic carbocycles. The third-order valence-electron chi connectivity index (χ3n) is 4.14. The van der Waals surface area contributed by atoms with Crippen molar-refractivity contribution in [2.75, 3.05) is 11.1 Å². The molecule has 0 fully saturated rings. The topological polar surface area (TPSA) is 59.8 Å². The maximum Gasteiger partial charge on any atom is 0.234 e. The van der Waals surface area contributed by atoms with Crippen LogP contribution in [-0.2, 0) is 22.8 Å². The Kier molecular flexibility index (Phi) is 9.82. The highest BCUT2D eigenvalue weighted by Gasteiger charge is 2.14. The molecule has 11 heteroatoms. The van der Waals surface area contributed by atoms with Gasteiger partial charge in [-0.3, -0.25) is 4.79 Å². The van der Waals surface area contributed by atoms with Crippen LogP contribution in [0, 0.1) is 0 Å². The minimum atomic E-state index is -0.158. The highest BCUT2D eigenvalue weighted by Crippen LogP contribution is 2.28. The fourth-order valence-corrected chi connectivity index (χ4v) is 5.36. The van der Waals surface area contributed by atoms with Crippen LogP contribution in [0.4, 0.5) is 5.69 Å². The van der Waals surface area contributed by atoms with E-state index >= 15 is 0 Å². The van der Waals surface area contributed by atoms with Crippen molar-refractivity contribution in [2.45, 2.75) is 23.2 Å². The number of aromatic nitrogens is 3. The molecule has 0 spiro atoms. The third kappa shape index (κ3) is 7.17. The van der Waals surface area contributed by atoms with Gasteiger partial charge in [0.05, 0.1) is 16.5 Å². The number of allylic oxidation sites excluding steroid dienone is 1. The lowest BCUT2D eigenvalue weighted by Gasteiger charge is -2.09. The average molecular weight is 593 g/mol. The first-order valence-corrected chi connectivity index (χ1v) is 13.4. The lowest BCUT2D eigenvalue weighted by Crippen LogP contribution is -2.14. The summed E-state index contributed by atoms with van der Waals surface area (Å²) in [5.41, 5.74) is 1.64. The van der Waals surface area contributed by atoms with Crippen molar-refractivity contribution >= 4 is 85.9 Å². The first-order chi connectivity index (χ1) is 15.4. The van der Waals surface area contributed by atoms with Crippen LogP contribution >= 0.6 is 74.3 Å². The molecule has 168 valence electrons. The molecule has 32 heavy (non-hydrogen) atoms. The molecular formula is C21H18BrCl3N4OS2. The smallest absolute Gasteiger partial charge is 0.234 e. The summed E-state index contributed by atoms with van der Waals surface area (Å²) < 4.78 is 2.73. The molecule has 0 bridgehead atoms. The molecule has 0 unspecified atom stereocenters. The minimum absolute atomic E-state index is 0.158. The molecule has 1 heterocycles. The monoisotopic (exact) mass is 590 g/mol. The van der Waals surface area contributed by atoms with Gasteiger partial charge in [-0.25, -0.2) is 0 Å². The van der Waals surface area contributed by atoms with Crippen LogP contribution in [0.15, 0.2) is 58.7 Å². The quantitative estimate of drug-likeness (QED) is 0.197. The summed E-state index contributed by atoms with van der Waals surface area (Å²) >= 11 is 24.6. The number of nitrogens with zero attached hydrogens (tertiary/aromatic N) is 3. The maximum absolute atomic E-state index is 12.4. The molecule has 0 aliphatic rings. The molecule has 3 aromatic rings. The van der Waals surface area contributed by atoms with Crippen LogP contribution in [0.1, 0.15) is 11.4 Å². The number of benzene rings is 2. The molecule has 0 aliphatic heterocycles. The molecule has 0 atom stereocenters. The van der Waals surface area contributed by atoms with E-state index < -0.39 is 0 Å². The van der Waals surface area contributed by atoms with Gasteiger partial charge in [0, 0.05) is 32.5 Å². The van der Waals surface area contributed by atoms with Gasteiger partial charge in [0.15, 0.2) is 5.16 Å². The molecule has 3 rings (SSSR count). The summed E-state index contributed by atoms with van der Waals surface area (Å²) in [6.07, 6.45) is 1.78. The predicted octanol–water partition coefficient (Wildman–Crippen LogP) is 7.35. The molecular weight excluding hydrogens is 575 g/mol. The summed E-state index contributed by atoms with van der Waals surface area (Å²) in [6, 6.07) is 10.7. The standard InChI is InChI=1S/C21H18BrCl3N4OS2/c1-2-7-29-19(11-31-10-13-3-4-14(23)8-17(13)24)27-28-21(29)32-12-20(30)26-15-5-6-16(22)18(25)9-15/h2-6,8-9H,1,7,10-12H2,(H,26,30). The molecule has 1 N–H and O–H groups in total. The third-order valence-corrected chi connectivity index (χ3v) is 7.91. The summed E-state index contributed by atoms with van der Waals surface area (Å²) in [5.74, 6) is 2.20. The molecule has 5 nitrogen and oxygen atoms in total. The molecule has 1 aromatic heterocycles. The van der Waals surface area contributed by atoms with Crippen LogP contribution in [0.5, 0.6) is 0 Å². The Morgan fingerprint density at radius 2 is 1.94 bits per heavy atom. The van der Waals surface area contributed by atoms with Gasteiger partial charge in [0.1, 0.15) is 5.82 Å². The van der Waals surface area contributed by atoms with Crippen LogP contribution in [0.25, 0.3) is 0 Å². The second kappa shape index (κ2) is 12.3. The van der Waals surface area contributed by atoms with Crippen LogP contribution in [0.2, 0.25) is 15.1 Å². The van der Waals surface area contributed by atoms with Gasteiger partial charge >= 0.3 is 0 Å². The first kappa shape index (κ1) is 25.5. The summed E-state index contributed by atoms with van der Waals surface area (Å²) in [4.78, 5) is 12.4. The van der Waals surface area contributed by atoms with E-state index in [2.05, 4.69) is 38.0 Å². The van der Waals surface area contributed by atoms with Crippen molar-refractivity contribution in [2.24, 2.45) is 0 Å². The van der Waals surface area contributed by atoms with Gasteiger partial charge in [-0.15, -0.1) is 28.5 Å². The molecule has 1 amide bonds. The Morgan fingerprint density at radius 1 is 1.12 bits per heavy atom. The van der Waals surface area contributed by atoms with Crippen molar-refractivity contribution in [3.05, 3.63) is 80.0 Å². The fraction of sp³-hybridized carbons (Fsp3) is 0.190. The number of hydrogen-bond acceptors (Lipinski definition) is 5. The Hall–Kier alpha value is -1.16. The SMILES string of the molecule is C=CCn1c(CSCc2ccc(Cl)cc2Cl)nnc1SCC(=O)Nc1ccc(Br)c(Cl)c1. The van der Waals surface area contributed by atoms with Crippen molar-refractivity contribution in [3.63, 3.8) is 0 Å². The zero-order valence-corrected chi connectivity index (χ0v) is 22.1. The fourth-order valence-electron chi connectivity index (χ4n) is 2.64. The van der Waals surface area contributed by atoms with Gasteiger partial charge in [0.2, 0.25) is 5.91 Å². The average Bonchev–Trinajstić information content (AvgIpc) is 3.13. The Balaban J connectivity index is 1.58. The van der Waals surface area contributed by atoms with E-state index in [1.165, 1.54) is 11.8 Å². The van der Waals surface area contributed by atoms with E-state index in [4.69, 9.17) is 34.8 Å². The number of thioether (sulfide) groups is 2. The molecule has 0 saturated heterocycles. The van der Waals surface area contributed by atoms with E-state index in [9.17, 15) is 4.79 Å². The van der Waals surface area contributed by atoms with Gasteiger partial charge < -0.3 is 9.88 Å². The summed E-state index contributed by atoms with van der Waals surface area (Å²) in [5, 5.41) is 13.8. The normalized spacial score (nSPS) is 10.9.